The van der Waals surface area contributed by atoms with E-state index in [0.717, 1.165) is 51.6 Å². The lowest BCUT2D eigenvalue weighted by molar-refractivity contribution is -0.134. The van der Waals surface area contributed by atoms with Gasteiger partial charge in [-0.1, -0.05) is 0 Å². The zero-order valence-electron chi connectivity index (χ0n) is 12.8. The summed E-state index contributed by atoms with van der Waals surface area (Å²) in [5.41, 5.74) is 0. The Kier molecular flexibility index (Phi) is 8.32. The molecule has 4 nitrogen and oxygen atoms in total. The predicted molar refractivity (Wildman–Crippen MR) is 90.5 cm³/mol. The van der Waals surface area contributed by atoms with Crippen LogP contribution in [0.25, 0.3) is 0 Å². The van der Waals surface area contributed by atoms with Crippen LogP contribution in [0.3, 0.4) is 0 Å². The highest BCUT2D eigenvalue weighted by Crippen LogP contribution is 2.30. The number of carbonyl (C=O) groups excluding carboxylic acids is 1. The SMILES string of the molecule is Cl.Cl.O=C(CC1CCNCC1)N1CCN(CC2CC2)CC1. The van der Waals surface area contributed by atoms with Gasteiger partial charge in [-0.05, 0) is 50.6 Å². The summed E-state index contributed by atoms with van der Waals surface area (Å²) in [4.78, 5) is 16.9. The molecule has 0 radical (unpaired) electrons. The fourth-order valence-electron chi connectivity index (χ4n) is 3.31. The molecule has 3 fully saturated rings. The zero-order valence-corrected chi connectivity index (χ0v) is 14.4. The van der Waals surface area contributed by atoms with Crippen LogP contribution in [0.5, 0.6) is 0 Å². The highest BCUT2D eigenvalue weighted by atomic mass is 35.5. The molecular formula is C15H29Cl2N3O. The maximum atomic E-state index is 12.3. The van der Waals surface area contributed by atoms with Crippen LogP contribution in [-0.4, -0.2) is 61.5 Å². The summed E-state index contributed by atoms with van der Waals surface area (Å²) in [5.74, 6) is 1.99. The molecule has 1 N–H and O–H groups in total. The Bertz CT molecular complexity index is 312. The van der Waals surface area contributed by atoms with Gasteiger partial charge in [0.05, 0.1) is 0 Å². The fourth-order valence-corrected chi connectivity index (χ4v) is 3.31. The molecule has 2 saturated heterocycles. The Morgan fingerprint density at radius 3 is 2.10 bits per heavy atom. The van der Waals surface area contributed by atoms with Crippen LogP contribution in [0.4, 0.5) is 0 Å². The normalized spacial score (nSPS) is 24.1. The lowest BCUT2D eigenvalue weighted by atomic mass is 9.94. The van der Waals surface area contributed by atoms with Gasteiger partial charge in [-0.2, -0.15) is 0 Å². The van der Waals surface area contributed by atoms with Crippen LogP contribution >= 0.6 is 24.8 Å². The molecule has 0 aromatic carbocycles. The van der Waals surface area contributed by atoms with Crippen LogP contribution in [-0.2, 0) is 4.79 Å². The van der Waals surface area contributed by atoms with E-state index in [9.17, 15) is 4.79 Å². The van der Waals surface area contributed by atoms with Crippen LogP contribution in [0.1, 0.15) is 32.1 Å². The Morgan fingerprint density at radius 1 is 0.905 bits per heavy atom. The molecule has 0 unspecified atom stereocenters. The first-order chi connectivity index (χ1) is 9.31. The third-order valence-electron chi connectivity index (χ3n) is 4.86. The topological polar surface area (TPSA) is 35.6 Å². The number of hydrogen-bond acceptors (Lipinski definition) is 3. The summed E-state index contributed by atoms with van der Waals surface area (Å²) in [6.07, 6.45) is 5.98. The molecule has 6 heteroatoms. The van der Waals surface area contributed by atoms with Gasteiger partial charge in [0.15, 0.2) is 0 Å². The summed E-state index contributed by atoms with van der Waals surface area (Å²) in [6.45, 7) is 7.55. The molecule has 1 aliphatic carbocycles. The third kappa shape index (κ3) is 5.93. The second-order valence-corrected chi connectivity index (χ2v) is 6.52. The van der Waals surface area contributed by atoms with Gasteiger partial charge in [0, 0.05) is 39.1 Å². The van der Waals surface area contributed by atoms with E-state index in [1.807, 2.05) is 0 Å². The van der Waals surface area contributed by atoms with E-state index in [-0.39, 0.29) is 24.8 Å². The number of nitrogens with zero attached hydrogens (tertiary/aromatic N) is 2. The molecule has 2 aliphatic heterocycles. The molecule has 124 valence electrons. The molecule has 0 atom stereocenters. The van der Waals surface area contributed by atoms with Gasteiger partial charge in [0.2, 0.25) is 5.91 Å². The Balaban J connectivity index is 0.00000110. The summed E-state index contributed by atoms with van der Waals surface area (Å²) in [7, 11) is 0. The van der Waals surface area contributed by atoms with E-state index in [2.05, 4.69) is 15.1 Å². The summed E-state index contributed by atoms with van der Waals surface area (Å²) in [5, 5.41) is 3.37. The van der Waals surface area contributed by atoms with Crippen molar-refractivity contribution in [1.82, 2.24) is 15.1 Å². The fraction of sp³-hybridized carbons (Fsp3) is 0.933. The number of piperazine rings is 1. The highest BCUT2D eigenvalue weighted by molar-refractivity contribution is 5.85. The average molecular weight is 338 g/mol. The minimum atomic E-state index is 0. The smallest absolute Gasteiger partial charge is 0.222 e. The standard InChI is InChI=1S/C15H27N3O.2ClH/c19-15(11-13-3-5-16-6-4-13)18-9-7-17(8-10-18)12-14-1-2-14;;/h13-14,16H,1-12H2;2*1H. The molecule has 1 saturated carbocycles. The molecule has 2 heterocycles. The number of amides is 1. The van der Waals surface area contributed by atoms with Crippen molar-refractivity contribution in [3.8, 4) is 0 Å². The maximum absolute atomic E-state index is 12.3. The molecule has 1 amide bonds. The average Bonchev–Trinajstić information content (AvgIpc) is 3.25. The van der Waals surface area contributed by atoms with E-state index >= 15 is 0 Å². The Labute approximate surface area is 140 Å². The summed E-state index contributed by atoms with van der Waals surface area (Å²) < 4.78 is 0. The van der Waals surface area contributed by atoms with Gasteiger partial charge in [-0.3, -0.25) is 9.69 Å². The van der Waals surface area contributed by atoms with Crippen molar-refractivity contribution in [3.05, 3.63) is 0 Å². The van der Waals surface area contributed by atoms with Crippen molar-refractivity contribution in [1.29, 1.82) is 0 Å². The van der Waals surface area contributed by atoms with Crippen LogP contribution in [0, 0.1) is 11.8 Å². The second kappa shape index (κ2) is 9.19. The summed E-state index contributed by atoms with van der Waals surface area (Å²) >= 11 is 0. The number of halogens is 2. The van der Waals surface area contributed by atoms with E-state index in [1.54, 1.807) is 0 Å². The van der Waals surface area contributed by atoms with Crippen LogP contribution < -0.4 is 5.32 Å². The molecule has 3 rings (SSSR count). The van der Waals surface area contributed by atoms with Gasteiger partial charge in [0.25, 0.3) is 0 Å². The van der Waals surface area contributed by atoms with Crippen molar-refractivity contribution in [2.24, 2.45) is 11.8 Å². The zero-order chi connectivity index (χ0) is 13.1. The predicted octanol–water partition coefficient (Wildman–Crippen LogP) is 1.77. The highest BCUT2D eigenvalue weighted by Gasteiger charge is 2.28. The molecule has 21 heavy (non-hydrogen) atoms. The molecular weight excluding hydrogens is 309 g/mol. The second-order valence-electron chi connectivity index (χ2n) is 6.52. The first kappa shape index (κ1) is 19.0. The molecule has 0 bridgehead atoms. The Morgan fingerprint density at radius 2 is 1.52 bits per heavy atom. The van der Waals surface area contributed by atoms with E-state index in [1.165, 1.54) is 32.2 Å². The lowest BCUT2D eigenvalue weighted by Gasteiger charge is -2.35. The quantitative estimate of drug-likeness (QED) is 0.849. The lowest BCUT2D eigenvalue weighted by Crippen LogP contribution is -2.49. The number of rotatable bonds is 4. The van der Waals surface area contributed by atoms with Crippen LogP contribution in [0.15, 0.2) is 0 Å². The molecule has 0 aromatic rings. The minimum absolute atomic E-state index is 0. The molecule has 0 spiro atoms. The van der Waals surface area contributed by atoms with Gasteiger partial charge in [-0.15, -0.1) is 24.8 Å². The maximum Gasteiger partial charge on any atom is 0.222 e. The van der Waals surface area contributed by atoms with Gasteiger partial charge in [0.1, 0.15) is 0 Å². The molecule has 3 aliphatic rings. The van der Waals surface area contributed by atoms with Crippen molar-refractivity contribution >= 4 is 30.7 Å². The van der Waals surface area contributed by atoms with E-state index < -0.39 is 0 Å². The van der Waals surface area contributed by atoms with Crippen molar-refractivity contribution in [2.75, 3.05) is 45.8 Å². The first-order valence-electron chi connectivity index (χ1n) is 8.02. The number of carbonyl (C=O) groups is 1. The minimum Gasteiger partial charge on any atom is -0.340 e. The Hall–Kier alpha value is -0.0300. The van der Waals surface area contributed by atoms with Crippen molar-refractivity contribution < 1.29 is 4.79 Å². The third-order valence-corrected chi connectivity index (χ3v) is 4.86. The monoisotopic (exact) mass is 337 g/mol. The van der Waals surface area contributed by atoms with E-state index in [0.29, 0.717) is 11.8 Å². The van der Waals surface area contributed by atoms with Crippen molar-refractivity contribution in [2.45, 2.75) is 32.1 Å². The summed E-state index contributed by atoms with van der Waals surface area (Å²) in [6, 6.07) is 0. The largest absolute Gasteiger partial charge is 0.340 e. The first-order valence-corrected chi connectivity index (χ1v) is 8.02. The van der Waals surface area contributed by atoms with Gasteiger partial charge < -0.3 is 10.2 Å². The van der Waals surface area contributed by atoms with Crippen LogP contribution in [0.2, 0.25) is 0 Å². The van der Waals surface area contributed by atoms with E-state index in [4.69, 9.17) is 0 Å². The molecule has 0 aromatic heterocycles. The number of nitrogens with one attached hydrogen (secondary N) is 1. The van der Waals surface area contributed by atoms with Gasteiger partial charge >= 0.3 is 0 Å². The van der Waals surface area contributed by atoms with Crippen molar-refractivity contribution in [3.63, 3.8) is 0 Å². The number of piperidine rings is 1. The number of hydrogen-bond donors (Lipinski definition) is 1. The van der Waals surface area contributed by atoms with Gasteiger partial charge in [-0.25, -0.2) is 0 Å².